The Morgan fingerprint density at radius 2 is 1.74 bits per heavy atom. The second-order valence-corrected chi connectivity index (χ2v) is 4.16. The predicted octanol–water partition coefficient (Wildman–Crippen LogP) is 0.477. The van der Waals surface area contributed by atoms with E-state index in [1.807, 2.05) is 42.6 Å². The minimum absolute atomic E-state index is 0.391. The molecule has 0 heterocycles. The number of rotatable bonds is 5. The Balaban J connectivity index is 3.06. The van der Waals surface area contributed by atoms with Gasteiger partial charge in [0.1, 0.15) is 5.92 Å². The van der Waals surface area contributed by atoms with Gasteiger partial charge in [0.15, 0.2) is 0 Å². The van der Waals surface area contributed by atoms with Crippen LogP contribution in [-0.4, -0.2) is 17.8 Å². The van der Waals surface area contributed by atoms with E-state index in [0.29, 0.717) is 6.42 Å². The average molecular weight is 263 g/mol. The molecule has 0 aliphatic heterocycles. The third-order valence-electron chi connectivity index (χ3n) is 2.91. The lowest BCUT2D eigenvalue weighted by Gasteiger charge is -2.22. The summed E-state index contributed by atoms with van der Waals surface area (Å²) >= 11 is 0. The third kappa shape index (κ3) is 3.80. The van der Waals surface area contributed by atoms with E-state index in [9.17, 15) is 14.4 Å². The van der Waals surface area contributed by atoms with Crippen molar-refractivity contribution in [1.82, 2.24) is 5.32 Å². The van der Waals surface area contributed by atoms with Crippen LogP contribution in [0.5, 0.6) is 0 Å². The lowest BCUT2D eigenvalue weighted by atomic mass is 9.83. The second-order valence-electron chi connectivity index (χ2n) is 4.16. The maximum absolute atomic E-state index is 11.9. The van der Waals surface area contributed by atoms with Crippen LogP contribution in [-0.2, 0) is 9.59 Å². The minimum Gasteiger partial charge on any atom is -0.369 e. The number of carbonyl (C=O) groups excluding carboxylic acids is 3. The van der Waals surface area contributed by atoms with Crippen LogP contribution in [0.25, 0.3) is 0 Å². The number of urea groups is 1. The number of nitrogens with one attached hydrogen (secondary N) is 1. The van der Waals surface area contributed by atoms with Gasteiger partial charge in [0.05, 0.1) is 0 Å². The molecule has 0 unspecified atom stereocenters. The van der Waals surface area contributed by atoms with Crippen LogP contribution in [0.1, 0.15) is 24.8 Å². The Hall–Kier alpha value is -2.37. The zero-order valence-electron chi connectivity index (χ0n) is 10.6. The van der Waals surface area contributed by atoms with Crippen LogP contribution in [0.15, 0.2) is 30.3 Å². The number of hydrogen-bond acceptors (Lipinski definition) is 3. The Labute approximate surface area is 111 Å². The molecule has 0 aliphatic carbocycles. The number of hydrogen-bond donors (Lipinski definition) is 3. The first-order chi connectivity index (χ1) is 8.97. The summed E-state index contributed by atoms with van der Waals surface area (Å²) in [5, 5.41) is 1.91. The number of benzene rings is 1. The van der Waals surface area contributed by atoms with Crippen molar-refractivity contribution in [3.05, 3.63) is 35.9 Å². The van der Waals surface area contributed by atoms with Crippen LogP contribution in [0.3, 0.4) is 0 Å². The first-order valence-electron chi connectivity index (χ1n) is 5.92. The van der Waals surface area contributed by atoms with E-state index in [0.717, 1.165) is 5.56 Å². The molecule has 4 amide bonds. The average Bonchev–Trinajstić information content (AvgIpc) is 2.35. The molecule has 0 saturated carbocycles. The molecule has 6 heteroatoms. The van der Waals surface area contributed by atoms with Gasteiger partial charge in [-0.05, 0) is 12.0 Å². The first-order valence-corrected chi connectivity index (χ1v) is 5.92. The molecule has 1 aromatic carbocycles. The second kappa shape index (κ2) is 6.53. The van der Waals surface area contributed by atoms with Gasteiger partial charge in [-0.3, -0.25) is 14.9 Å². The molecule has 1 rings (SSSR count). The fourth-order valence-electron chi connectivity index (χ4n) is 2.07. The molecule has 1 aromatic rings. The highest BCUT2D eigenvalue weighted by Crippen LogP contribution is 2.28. The fraction of sp³-hybridized carbons (Fsp3) is 0.308. The lowest BCUT2D eigenvalue weighted by molar-refractivity contribution is -0.133. The maximum atomic E-state index is 11.9. The van der Waals surface area contributed by atoms with Gasteiger partial charge in [-0.2, -0.15) is 0 Å². The SMILES string of the molecule is CC[C@@H](c1ccccc1)[C@@H](C(N)=O)C(=O)NC(N)=O. The summed E-state index contributed by atoms with van der Waals surface area (Å²) in [5.41, 5.74) is 11.0. The highest BCUT2D eigenvalue weighted by Gasteiger charge is 2.33. The summed E-state index contributed by atoms with van der Waals surface area (Å²) < 4.78 is 0. The van der Waals surface area contributed by atoms with Gasteiger partial charge in [-0.15, -0.1) is 0 Å². The molecule has 2 atom stereocenters. The summed E-state index contributed by atoms with van der Waals surface area (Å²) in [4.78, 5) is 34.1. The molecule has 0 saturated heterocycles. The van der Waals surface area contributed by atoms with Crippen molar-refractivity contribution in [3.8, 4) is 0 Å². The summed E-state index contributed by atoms with van der Waals surface area (Å²) in [5.74, 6) is -3.07. The van der Waals surface area contributed by atoms with Crippen molar-refractivity contribution < 1.29 is 14.4 Å². The van der Waals surface area contributed by atoms with E-state index in [1.54, 1.807) is 0 Å². The topological polar surface area (TPSA) is 115 Å². The van der Waals surface area contributed by atoms with Crippen LogP contribution in [0.4, 0.5) is 4.79 Å². The van der Waals surface area contributed by atoms with Crippen LogP contribution in [0, 0.1) is 5.92 Å². The highest BCUT2D eigenvalue weighted by atomic mass is 16.2. The summed E-state index contributed by atoms with van der Waals surface area (Å²) in [6, 6.07) is 8.06. The monoisotopic (exact) mass is 263 g/mol. The molecule has 0 radical (unpaired) electrons. The van der Waals surface area contributed by atoms with E-state index in [2.05, 4.69) is 0 Å². The van der Waals surface area contributed by atoms with Gasteiger partial charge >= 0.3 is 6.03 Å². The Bertz CT molecular complexity index is 473. The molecular formula is C13H17N3O3. The minimum atomic E-state index is -1.13. The largest absolute Gasteiger partial charge is 0.369 e. The van der Waals surface area contributed by atoms with Crippen molar-refractivity contribution in [2.45, 2.75) is 19.3 Å². The molecule has 6 nitrogen and oxygen atoms in total. The summed E-state index contributed by atoms with van der Waals surface area (Å²) in [6.07, 6.45) is 0.532. The summed E-state index contributed by atoms with van der Waals surface area (Å²) in [7, 11) is 0. The van der Waals surface area contributed by atoms with Crippen molar-refractivity contribution in [1.29, 1.82) is 0 Å². The Morgan fingerprint density at radius 1 is 1.16 bits per heavy atom. The lowest BCUT2D eigenvalue weighted by Crippen LogP contribution is -2.46. The quantitative estimate of drug-likeness (QED) is 0.671. The number of amides is 4. The van der Waals surface area contributed by atoms with Gasteiger partial charge in [0.2, 0.25) is 11.8 Å². The highest BCUT2D eigenvalue weighted by molar-refractivity contribution is 6.06. The van der Waals surface area contributed by atoms with E-state index in [1.165, 1.54) is 0 Å². The fourth-order valence-corrected chi connectivity index (χ4v) is 2.07. The molecule has 0 aliphatic rings. The smallest absolute Gasteiger partial charge is 0.318 e. The van der Waals surface area contributed by atoms with Crippen LogP contribution in [0.2, 0.25) is 0 Å². The first kappa shape index (κ1) is 14.7. The Kier molecular flexibility index (Phi) is 5.05. The normalized spacial score (nSPS) is 13.3. The van der Waals surface area contributed by atoms with Gasteiger partial charge < -0.3 is 11.5 Å². The number of carbonyl (C=O) groups is 3. The molecule has 0 aromatic heterocycles. The van der Waals surface area contributed by atoms with Gasteiger partial charge in [0.25, 0.3) is 0 Å². The molecule has 0 spiro atoms. The standard InChI is InChI=1S/C13H17N3O3/c1-2-9(8-6-4-3-5-7-8)10(11(14)17)12(18)16-13(15)19/h3-7,9-10H,2H2,1H3,(H2,14,17)(H3,15,16,18,19)/t9-,10-/m0/s1. The zero-order valence-corrected chi connectivity index (χ0v) is 10.6. The van der Waals surface area contributed by atoms with Crippen LogP contribution < -0.4 is 16.8 Å². The molecule has 19 heavy (non-hydrogen) atoms. The third-order valence-corrected chi connectivity index (χ3v) is 2.91. The number of imide groups is 1. The van der Waals surface area contributed by atoms with Crippen molar-refractivity contribution in [2.24, 2.45) is 17.4 Å². The maximum Gasteiger partial charge on any atom is 0.318 e. The van der Waals surface area contributed by atoms with Crippen molar-refractivity contribution >= 4 is 17.8 Å². The molecule has 5 N–H and O–H groups in total. The van der Waals surface area contributed by atoms with E-state index >= 15 is 0 Å². The van der Waals surface area contributed by atoms with Gasteiger partial charge in [0, 0.05) is 5.92 Å². The molecule has 0 fully saturated rings. The van der Waals surface area contributed by atoms with Crippen molar-refractivity contribution in [2.75, 3.05) is 0 Å². The van der Waals surface area contributed by atoms with Crippen LogP contribution >= 0.6 is 0 Å². The van der Waals surface area contributed by atoms with E-state index in [4.69, 9.17) is 11.5 Å². The van der Waals surface area contributed by atoms with Gasteiger partial charge in [-0.1, -0.05) is 37.3 Å². The molecule has 0 bridgehead atoms. The van der Waals surface area contributed by atoms with E-state index < -0.39 is 29.7 Å². The number of nitrogens with two attached hydrogens (primary N) is 2. The number of primary amides is 2. The molecular weight excluding hydrogens is 246 g/mol. The zero-order chi connectivity index (χ0) is 14.4. The predicted molar refractivity (Wildman–Crippen MR) is 69.9 cm³/mol. The molecule has 102 valence electrons. The van der Waals surface area contributed by atoms with Crippen molar-refractivity contribution in [3.63, 3.8) is 0 Å². The Morgan fingerprint density at radius 3 is 2.16 bits per heavy atom. The van der Waals surface area contributed by atoms with E-state index in [-0.39, 0.29) is 0 Å². The van der Waals surface area contributed by atoms with Gasteiger partial charge in [-0.25, -0.2) is 4.79 Å². The summed E-state index contributed by atoms with van der Waals surface area (Å²) in [6.45, 7) is 1.84.